The van der Waals surface area contributed by atoms with Crippen molar-refractivity contribution in [3.05, 3.63) is 23.9 Å². The molecule has 0 aliphatic carbocycles. The molecule has 5 nitrogen and oxygen atoms in total. The third-order valence-electron chi connectivity index (χ3n) is 3.08. The first-order valence-corrected chi connectivity index (χ1v) is 5.96. The number of nitrogens with zero attached hydrogens (tertiary/aromatic N) is 1. The Hall–Kier alpha value is -1.62. The summed E-state index contributed by atoms with van der Waals surface area (Å²) < 4.78 is 0. The Balaban J connectivity index is 1.89. The lowest BCUT2D eigenvalue weighted by molar-refractivity contribution is 0.1000. The lowest BCUT2D eigenvalue weighted by Gasteiger charge is -2.22. The van der Waals surface area contributed by atoms with Crippen molar-refractivity contribution in [1.82, 2.24) is 10.3 Å². The summed E-state index contributed by atoms with van der Waals surface area (Å²) in [6.07, 6.45) is 3.97. The highest BCUT2D eigenvalue weighted by Gasteiger charge is 2.12. The van der Waals surface area contributed by atoms with Gasteiger partial charge in [0, 0.05) is 18.3 Å². The normalized spacial score (nSPS) is 16.7. The third-order valence-corrected chi connectivity index (χ3v) is 3.08. The van der Waals surface area contributed by atoms with Gasteiger partial charge in [-0.3, -0.25) is 4.79 Å². The van der Waals surface area contributed by atoms with Crippen LogP contribution in [-0.2, 0) is 0 Å². The van der Waals surface area contributed by atoms with Gasteiger partial charge in [-0.1, -0.05) is 0 Å². The summed E-state index contributed by atoms with van der Waals surface area (Å²) in [5.41, 5.74) is 5.71. The van der Waals surface area contributed by atoms with Crippen LogP contribution in [0.2, 0.25) is 0 Å². The first-order chi connectivity index (χ1) is 8.25. The van der Waals surface area contributed by atoms with E-state index >= 15 is 0 Å². The van der Waals surface area contributed by atoms with Crippen LogP contribution in [0.3, 0.4) is 0 Å². The van der Waals surface area contributed by atoms with Crippen LogP contribution in [0.1, 0.15) is 23.2 Å². The number of rotatable bonds is 4. The molecule has 0 radical (unpaired) electrons. The molecule has 5 heteroatoms. The number of aromatic nitrogens is 1. The Morgan fingerprint density at radius 1 is 1.53 bits per heavy atom. The van der Waals surface area contributed by atoms with Crippen molar-refractivity contribution in [1.29, 1.82) is 0 Å². The van der Waals surface area contributed by atoms with E-state index in [9.17, 15) is 4.79 Å². The molecular weight excluding hydrogens is 216 g/mol. The number of primary amides is 1. The number of nitrogens with two attached hydrogens (primary N) is 1. The number of hydrogen-bond donors (Lipinski definition) is 3. The molecule has 1 saturated heterocycles. The summed E-state index contributed by atoms with van der Waals surface area (Å²) in [6, 6.07) is 3.32. The first-order valence-electron chi connectivity index (χ1n) is 5.96. The van der Waals surface area contributed by atoms with E-state index in [0.717, 1.165) is 25.5 Å². The number of carbonyl (C=O) groups excluding carboxylic acids is 1. The van der Waals surface area contributed by atoms with Gasteiger partial charge in [-0.15, -0.1) is 0 Å². The fourth-order valence-electron chi connectivity index (χ4n) is 2.02. The summed E-state index contributed by atoms with van der Waals surface area (Å²) in [5, 5.41) is 6.60. The van der Waals surface area contributed by atoms with Crippen molar-refractivity contribution in [3.63, 3.8) is 0 Å². The number of carbonyl (C=O) groups is 1. The van der Waals surface area contributed by atoms with E-state index < -0.39 is 5.91 Å². The average molecular weight is 234 g/mol. The van der Waals surface area contributed by atoms with Gasteiger partial charge >= 0.3 is 0 Å². The molecule has 1 aromatic rings. The van der Waals surface area contributed by atoms with Crippen molar-refractivity contribution in [2.24, 2.45) is 11.7 Å². The molecule has 4 N–H and O–H groups in total. The second-order valence-electron chi connectivity index (χ2n) is 4.37. The minimum Gasteiger partial charge on any atom is -0.370 e. The standard InChI is InChI=1S/C12H18N4O/c13-12(17)10-3-6-15-11(7-10)16-8-9-1-4-14-5-2-9/h3,6-7,9,14H,1-2,4-5,8H2,(H2,13,17)(H,15,16). The van der Waals surface area contributed by atoms with E-state index in [1.807, 2.05) is 0 Å². The second-order valence-corrected chi connectivity index (χ2v) is 4.37. The molecule has 0 bridgehead atoms. The van der Waals surface area contributed by atoms with E-state index in [4.69, 9.17) is 5.73 Å². The molecule has 0 saturated carbocycles. The predicted octanol–water partition coefficient (Wildman–Crippen LogP) is 0.592. The molecular formula is C12H18N4O. The molecule has 2 heterocycles. The second kappa shape index (κ2) is 5.63. The van der Waals surface area contributed by atoms with Crippen LogP contribution >= 0.6 is 0 Å². The van der Waals surface area contributed by atoms with Crippen molar-refractivity contribution < 1.29 is 4.79 Å². The lowest BCUT2D eigenvalue weighted by atomic mass is 9.98. The van der Waals surface area contributed by atoms with Gasteiger partial charge in [0.2, 0.25) is 5.91 Å². The molecule has 1 aromatic heterocycles. The zero-order valence-electron chi connectivity index (χ0n) is 9.78. The van der Waals surface area contributed by atoms with Crippen LogP contribution in [0.5, 0.6) is 0 Å². The molecule has 0 unspecified atom stereocenters. The maximum absolute atomic E-state index is 11.0. The van der Waals surface area contributed by atoms with E-state index in [0.29, 0.717) is 11.5 Å². The lowest BCUT2D eigenvalue weighted by Crippen LogP contribution is -2.31. The predicted molar refractivity (Wildman–Crippen MR) is 66.8 cm³/mol. The van der Waals surface area contributed by atoms with Crippen LogP contribution in [0.15, 0.2) is 18.3 Å². The molecule has 1 fully saturated rings. The van der Waals surface area contributed by atoms with Gasteiger partial charge < -0.3 is 16.4 Å². The third kappa shape index (κ3) is 3.42. The Morgan fingerprint density at radius 3 is 3.00 bits per heavy atom. The van der Waals surface area contributed by atoms with E-state index in [2.05, 4.69) is 15.6 Å². The first kappa shape index (κ1) is 11.9. The number of anilines is 1. The van der Waals surface area contributed by atoms with E-state index in [-0.39, 0.29) is 0 Å². The minimum absolute atomic E-state index is 0.419. The van der Waals surface area contributed by atoms with Gasteiger partial charge in [0.25, 0.3) is 0 Å². The SMILES string of the molecule is NC(=O)c1ccnc(NCC2CCNCC2)c1. The Kier molecular flexibility index (Phi) is 3.93. The van der Waals surface area contributed by atoms with E-state index in [1.54, 1.807) is 18.3 Å². The van der Waals surface area contributed by atoms with Crippen molar-refractivity contribution >= 4 is 11.7 Å². The maximum atomic E-state index is 11.0. The van der Waals surface area contributed by atoms with Gasteiger partial charge in [-0.25, -0.2) is 4.98 Å². The van der Waals surface area contributed by atoms with Gasteiger partial charge in [-0.05, 0) is 44.0 Å². The van der Waals surface area contributed by atoms with Crippen molar-refractivity contribution in [2.75, 3.05) is 25.0 Å². The molecule has 1 amide bonds. The maximum Gasteiger partial charge on any atom is 0.248 e. The van der Waals surface area contributed by atoms with Crippen LogP contribution in [0.25, 0.3) is 0 Å². The van der Waals surface area contributed by atoms with Gasteiger partial charge in [0.05, 0.1) is 0 Å². The van der Waals surface area contributed by atoms with Crippen LogP contribution in [0.4, 0.5) is 5.82 Å². The van der Waals surface area contributed by atoms with Crippen LogP contribution in [0, 0.1) is 5.92 Å². The summed E-state index contributed by atoms with van der Waals surface area (Å²) >= 11 is 0. The monoisotopic (exact) mass is 234 g/mol. The molecule has 1 aliphatic heterocycles. The van der Waals surface area contributed by atoms with Crippen LogP contribution < -0.4 is 16.4 Å². The zero-order valence-corrected chi connectivity index (χ0v) is 9.78. The zero-order chi connectivity index (χ0) is 12.1. The number of hydrogen-bond acceptors (Lipinski definition) is 4. The molecule has 2 rings (SSSR count). The van der Waals surface area contributed by atoms with Gasteiger partial charge in [0.1, 0.15) is 5.82 Å². The molecule has 0 atom stereocenters. The summed E-state index contributed by atoms with van der Waals surface area (Å²) in [5.74, 6) is 0.979. The number of amides is 1. The van der Waals surface area contributed by atoms with Gasteiger partial charge in [-0.2, -0.15) is 0 Å². The molecule has 92 valence electrons. The van der Waals surface area contributed by atoms with Gasteiger partial charge in [0.15, 0.2) is 0 Å². The number of piperidine rings is 1. The van der Waals surface area contributed by atoms with Crippen molar-refractivity contribution in [2.45, 2.75) is 12.8 Å². The average Bonchev–Trinajstić information content (AvgIpc) is 2.38. The molecule has 0 spiro atoms. The van der Waals surface area contributed by atoms with Crippen LogP contribution in [-0.4, -0.2) is 30.5 Å². The quantitative estimate of drug-likeness (QED) is 0.712. The Morgan fingerprint density at radius 2 is 2.29 bits per heavy atom. The van der Waals surface area contributed by atoms with Crippen molar-refractivity contribution in [3.8, 4) is 0 Å². The largest absolute Gasteiger partial charge is 0.370 e. The number of nitrogens with one attached hydrogen (secondary N) is 2. The van der Waals surface area contributed by atoms with E-state index in [1.165, 1.54) is 12.8 Å². The molecule has 0 aromatic carbocycles. The summed E-state index contributed by atoms with van der Waals surface area (Å²) in [7, 11) is 0. The Labute approximate surface area is 101 Å². The fraction of sp³-hybridized carbons (Fsp3) is 0.500. The fourth-order valence-corrected chi connectivity index (χ4v) is 2.02. The molecule has 1 aliphatic rings. The Bertz CT molecular complexity index is 388. The summed E-state index contributed by atoms with van der Waals surface area (Å²) in [6.45, 7) is 3.07. The summed E-state index contributed by atoms with van der Waals surface area (Å²) in [4.78, 5) is 15.2. The minimum atomic E-state index is -0.419. The smallest absolute Gasteiger partial charge is 0.248 e. The highest BCUT2D eigenvalue weighted by molar-refractivity contribution is 5.93. The topological polar surface area (TPSA) is 80.0 Å². The highest BCUT2D eigenvalue weighted by Crippen LogP contribution is 2.13. The highest BCUT2D eigenvalue weighted by atomic mass is 16.1. The number of pyridine rings is 1. The molecule has 17 heavy (non-hydrogen) atoms.